The van der Waals surface area contributed by atoms with E-state index in [0.29, 0.717) is 6.54 Å². The Bertz CT molecular complexity index is 444. The molecular weight excluding hydrogens is 212 g/mol. The molecule has 0 spiro atoms. The molecule has 0 aliphatic rings. The van der Waals surface area contributed by atoms with Crippen molar-refractivity contribution in [3.8, 4) is 6.07 Å². The molecule has 0 heterocycles. The van der Waals surface area contributed by atoms with E-state index in [1.807, 2.05) is 25.1 Å². The lowest BCUT2D eigenvalue weighted by molar-refractivity contribution is -0.120. The summed E-state index contributed by atoms with van der Waals surface area (Å²) in [6, 6.07) is 10.1. The summed E-state index contributed by atoms with van der Waals surface area (Å²) in [7, 11) is 0. The number of nitriles is 1. The van der Waals surface area contributed by atoms with Crippen LogP contribution in [-0.2, 0) is 10.2 Å². The van der Waals surface area contributed by atoms with E-state index < -0.39 is 0 Å². The van der Waals surface area contributed by atoms with Crippen molar-refractivity contribution in [1.29, 1.82) is 5.26 Å². The Hall–Kier alpha value is -1.82. The third-order valence-corrected chi connectivity index (χ3v) is 2.77. The van der Waals surface area contributed by atoms with Crippen LogP contribution in [0.15, 0.2) is 24.3 Å². The Balaban J connectivity index is 2.69. The van der Waals surface area contributed by atoms with Crippen LogP contribution in [0.4, 0.5) is 0 Å². The fourth-order valence-electron chi connectivity index (χ4n) is 1.62. The SMILES string of the molecule is Cc1cccc(C(C)(C)CNC(=O)CC#N)c1. The maximum absolute atomic E-state index is 11.3. The highest BCUT2D eigenvalue weighted by molar-refractivity contribution is 5.78. The number of hydrogen-bond donors (Lipinski definition) is 1. The maximum Gasteiger partial charge on any atom is 0.234 e. The van der Waals surface area contributed by atoms with Crippen molar-refractivity contribution < 1.29 is 4.79 Å². The van der Waals surface area contributed by atoms with Crippen molar-refractivity contribution in [1.82, 2.24) is 5.32 Å². The molecule has 1 amide bonds. The molecule has 3 heteroatoms. The predicted molar refractivity (Wildman–Crippen MR) is 67.4 cm³/mol. The van der Waals surface area contributed by atoms with Gasteiger partial charge in [-0.25, -0.2) is 0 Å². The molecule has 1 aromatic rings. The molecular formula is C14H18N2O. The van der Waals surface area contributed by atoms with Crippen molar-refractivity contribution in [2.45, 2.75) is 32.6 Å². The van der Waals surface area contributed by atoms with Gasteiger partial charge in [0.15, 0.2) is 0 Å². The van der Waals surface area contributed by atoms with Crippen LogP contribution in [0.3, 0.4) is 0 Å². The van der Waals surface area contributed by atoms with Crippen molar-refractivity contribution >= 4 is 5.91 Å². The van der Waals surface area contributed by atoms with E-state index in [1.54, 1.807) is 0 Å². The summed E-state index contributed by atoms with van der Waals surface area (Å²) in [5.41, 5.74) is 2.27. The molecule has 0 atom stereocenters. The van der Waals surface area contributed by atoms with E-state index in [9.17, 15) is 4.79 Å². The van der Waals surface area contributed by atoms with Crippen LogP contribution in [0.25, 0.3) is 0 Å². The number of rotatable bonds is 4. The summed E-state index contributed by atoms with van der Waals surface area (Å²) >= 11 is 0. The van der Waals surface area contributed by atoms with Crippen LogP contribution in [0.2, 0.25) is 0 Å². The topological polar surface area (TPSA) is 52.9 Å². The molecule has 0 saturated heterocycles. The second-order valence-electron chi connectivity index (χ2n) is 4.86. The van der Waals surface area contributed by atoms with E-state index in [0.717, 1.165) is 0 Å². The molecule has 0 fully saturated rings. The lowest BCUT2D eigenvalue weighted by atomic mass is 9.84. The Morgan fingerprint density at radius 3 is 2.76 bits per heavy atom. The largest absolute Gasteiger partial charge is 0.354 e. The molecule has 0 aliphatic carbocycles. The number of hydrogen-bond acceptors (Lipinski definition) is 2. The predicted octanol–water partition coefficient (Wildman–Crippen LogP) is 2.30. The maximum atomic E-state index is 11.3. The molecule has 1 rings (SSSR count). The van der Waals surface area contributed by atoms with Gasteiger partial charge in [0.1, 0.15) is 6.42 Å². The first kappa shape index (κ1) is 13.2. The molecule has 0 aromatic heterocycles. The van der Waals surface area contributed by atoms with E-state index in [2.05, 4.69) is 31.3 Å². The number of benzene rings is 1. The minimum Gasteiger partial charge on any atom is -0.354 e. The second-order valence-corrected chi connectivity index (χ2v) is 4.86. The highest BCUT2D eigenvalue weighted by atomic mass is 16.1. The van der Waals surface area contributed by atoms with Crippen LogP contribution in [-0.4, -0.2) is 12.5 Å². The van der Waals surface area contributed by atoms with Gasteiger partial charge in [0.05, 0.1) is 6.07 Å². The first-order valence-corrected chi connectivity index (χ1v) is 5.66. The molecule has 90 valence electrons. The zero-order valence-corrected chi connectivity index (χ0v) is 10.6. The minimum atomic E-state index is -0.215. The van der Waals surface area contributed by atoms with E-state index in [-0.39, 0.29) is 17.7 Å². The van der Waals surface area contributed by atoms with E-state index >= 15 is 0 Å². The molecule has 0 bridgehead atoms. The first-order chi connectivity index (χ1) is 7.95. The molecule has 3 nitrogen and oxygen atoms in total. The number of carbonyl (C=O) groups excluding carboxylic acids is 1. The van der Waals surface area contributed by atoms with Gasteiger partial charge in [0, 0.05) is 12.0 Å². The molecule has 0 unspecified atom stereocenters. The standard InChI is InChI=1S/C14H18N2O/c1-11-5-4-6-12(9-11)14(2,3)10-16-13(17)7-8-15/h4-6,9H,7,10H2,1-3H3,(H,16,17). The molecule has 17 heavy (non-hydrogen) atoms. The summed E-state index contributed by atoms with van der Waals surface area (Å²) in [6.07, 6.45) is -0.0795. The highest BCUT2D eigenvalue weighted by Crippen LogP contribution is 2.22. The van der Waals surface area contributed by atoms with E-state index in [1.165, 1.54) is 11.1 Å². The second kappa shape index (κ2) is 5.49. The molecule has 1 N–H and O–H groups in total. The van der Waals surface area contributed by atoms with Gasteiger partial charge in [-0.15, -0.1) is 0 Å². The van der Waals surface area contributed by atoms with E-state index in [4.69, 9.17) is 5.26 Å². The fraction of sp³-hybridized carbons (Fsp3) is 0.429. The first-order valence-electron chi connectivity index (χ1n) is 5.66. The monoisotopic (exact) mass is 230 g/mol. The minimum absolute atomic E-state index is 0.0795. The Morgan fingerprint density at radius 1 is 1.47 bits per heavy atom. The van der Waals surface area contributed by atoms with Crippen molar-refractivity contribution in [2.24, 2.45) is 0 Å². The number of carbonyl (C=O) groups is 1. The zero-order chi connectivity index (χ0) is 12.9. The Morgan fingerprint density at radius 2 is 2.18 bits per heavy atom. The van der Waals surface area contributed by atoms with Crippen molar-refractivity contribution in [2.75, 3.05) is 6.54 Å². The quantitative estimate of drug-likeness (QED) is 0.862. The summed E-state index contributed by atoms with van der Waals surface area (Å²) in [6.45, 7) is 6.74. The van der Waals surface area contributed by atoms with Gasteiger partial charge in [0.25, 0.3) is 0 Å². The smallest absolute Gasteiger partial charge is 0.234 e. The fourth-order valence-corrected chi connectivity index (χ4v) is 1.62. The third-order valence-electron chi connectivity index (χ3n) is 2.77. The van der Waals surface area contributed by atoms with Crippen LogP contribution >= 0.6 is 0 Å². The van der Waals surface area contributed by atoms with Gasteiger partial charge in [0.2, 0.25) is 5.91 Å². The average molecular weight is 230 g/mol. The van der Waals surface area contributed by atoms with Gasteiger partial charge in [-0.1, -0.05) is 43.7 Å². The van der Waals surface area contributed by atoms with Gasteiger partial charge in [-0.3, -0.25) is 4.79 Å². The molecule has 0 aliphatic heterocycles. The Labute approximate surface area is 102 Å². The number of nitrogens with zero attached hydrogens (tertiary/aromatic N) is 1. The van der Waals surface area contributed by atoms with Crippen molar-refractivity contribution in [3.05, 3.63) is 35.4 Å². The van der Waals surface area contributed by atoms with Gasteiger partial charge in [-0.05, 0) is 12.5 Å². The molecule has 0 radical (unpaired) electrons. The van der Waals surface area contributed by atoms with Gasteiger partial charge in [-0.2, -0.15) is 5.26 Å². The zero-order valence-electron chi connectivity index (χ0n) is 10.6. The summed E-state index contributed by atoms with van der Waals surface area (Å²) in [5, 5.41) is 11.2. The van der Waals surface area contributed by atoms with Crippen molar-refractivity contribution in [3.63, 3.8) is 0 Å². The number of amides is 1. The third kappa shape index (κ3) is 3.92. The lowest BCUT2D eigenvalue weighted by Gasteiger charge is -2.25. The molecule has 0 saturated carbocycles. The number of aryl methyl sites for hydroxylation is 1. The number of nitrogens with one attached hydrogen (secondary N) is 1. The highest BCUT2D eigenvalue weighted by Gasteiger charge is 2.21. The van der Waals surface area contributed by atoms with Crippen LogP contribution in [0.5, 0.6) is 0 Å². The summed E-state index contributed by atoms with van der Waals surface area (Å²) < 4.78 is 0. The van der Waals surface area contributed by atoms with Crippen LogP contribution < -0.4 is 5.32 Å². The lowest BCUT2D eigenvalue weighted by Crippen LogP contribution is -2.36. The van der Waals surface area contributed by atoms with Gasteiger partial charge < -0.3 is 5.32 Å². The van der Waals surface area contributed by atoms with Crippen LogP contribution in [0, 0.1) is 18.3 Å². The summed E-state index contributed by atoms with van der Waals surface area (Å²) in [5.74, 6) is -0.215. The summed E-state index contributed by atoms with van der Waals surface area (Å²) in [4.78, 5) is 11.3. The van der Waals surface area contributed by atoms with Crippen LogP contribution in [0.1, 0.15) is 31.4 Å². The normalized spacial score (nSPS) is 10.7. The Kier molecular flexibility index (Phi) is 4.28. The molecule has 1 aromatic carbocycles. The van der Waals surface area contributed by atoms with Gasteiger partial charge >= 0.3 is 0 Å². The average Bonchev–Trinajstić information content (AvgIpc) is 2.27.